The van der Waals surface area contributed by atoms with Crippen molar-refractivity contribution in [2.75, 3.05) is 51.6 Å². The molecule has 23 heavy (non-hydrogen) atoms. The lowest BCUT2D eigenvalue weighted by Gasteiger charge is -2.36. The van der Waals surface area contributed by atoms with Gasteiger partial charge in [0.2, 0.25) is 5.91 Å². The van der Waals surface area contributed by atoms with Crippen molar-refractivity contribution in [3.63, 3.8) is 0 Å². The van der Waals surface area contributed by atoms with E-state index < -0.39 is 0 Å². The summed E-state index contributed by atoms with van der Waals surface area (Å²) < 4.78 is 5.44. The van der Waals surface area contributed by atoms with Gasteiger partial charge in [-0.1, -0.05) is 11.8 Å². The van der Waals surface area contributed by atoms with Gasteiger partial charge in [-0.05, 0) is 12.8 Å². The van der Waals surface area contributed by atoms with Crippen molar-refractivity contribution in [3.05, 3.63) is 0 Å². The normalized spacial score (nSPS) is 25.3. The molecule has 3 fully saturated rings. The topological polar surface area (TPSA) is 70.2 Å². The Morgan fingerprint density at radius 2 is 1.87 bits per heavy atom. The zero-order valence-electron chi connectivity index (χ0n) is 13.2. The molecule has 0 aliphatic carbocycles. The molecule has 0 radical (unpaired) electrons. The number of carbonyl (C=O) groups excluding carboxylic acids is 3. The molecule has 3 rings (SSSR count). The smallest absolute Gasteiger partial charge is 0.281 e. The largest absolute Gasteiger partial charge is 0.368 e. The van der Waals surface area contributed by atoms with E-state index in [0.717, 1.165) is 25.1 Å². The molecular formula is C15H23N3O4S. The summed E-state index contributed by atoms with van der Waals surface area (Å²) in [5.74, 6) is 0.949. The van der Waals surface area contributed by atoms with Crippen molar-refractivity contribution in [2.24, 2.45) is 0 Å². The quantitative estimate of drug-likeness (QED) is 0.740. The van der Waals surface area contributed by atoms with Gasteiger partial charge in [-0.15, -0.1) is 0 Å². The maximum Gasteiger partial charge on any atom is 0.281 e. The van der Waals surface area contributed by atoms with E-state index >= 15 is 0 Å². The summed E-state index contributed by atoms with van der Waals surface area (Å²) in [4.78, 5) is 41.4. The van der Waals surface area contributed by atoms with Gasteiger partial charge in [0, 0.05) is 58.0 Å². The highest BCUT2D eigenvalue weighted by Crippen LogP contribution is 2.18. The second-order valence-electron chi connectivity index (χ2n) is 6.06. The molecular weight excluding hydrogens is 318 g/mol. The van der Waals surface area contributed by atoms with Crippen LogP contribution in [0.2, 0.25) is 0 Å². The van der Waals surface area contributed by atoms with Crippen molar-refractivity contribution in [3.8, 4) is 0 Å². The Morgan fingerprint density at radius 3 is 2.48 bits per heavy atom. The van der Waals surface area contributed by atoms with E-state index in [9.17, 15) is 14.4 Å². The number of nitrogens with zero attached hydrogens (tertiary/aromatic N) is 3. The number of hydrogen-bond donors (Lipinski definition) is 0. The maximum atomic E-state index is 12.3. The Hall–Kier alpha value is -1.28. The molecule has 0 aromatic carbocycles. The SMILES string of the molecule is O=C(CCN1CCSC1=O)N1CCN(C(=O)C2CCCO2)CC1. The third-order valence-electron chi connectivity index (χ3n) is 4.59. The second-order valence-corrected chi connectivity index (χ2v) is 7.11. The van der Waals surface area contributed by atoms with Gasteiger partial charge in [-0.2, -0.15) is 0 Å². The van der Waals surface area contributed by atoms with Crippen LogP contribution in [0.4, 0.5) is 4.79 Å². The number of rotatable bonds is 4. The molecule has 8 heteroatoms. The zero-order valence-corrected chi connectivity index (χ0v) is 14.1. The summed E-state index contributed by atoms with van der Waals surface area (Å²) in [5, 5.41) is 0.0739. The summed E-state index contributed by atoms with van der Waals surface area (Å²) in [5.41, 5.74) is 0. The minimum Gasteiger partial charge on any atom is -0.368 e. The highest BCUT2D eigenvalue weighted by Gasteiger charge is 2.31. The van der Waals surface area contributed by atoms with Crippen molar-refractivity contribution in [1.82, 2.24) is 14.7 Å². The van der Waals surface area contributed by atoms with Crippen LogP contribution in [0.25, 0.3) is 0 Å². The van der Waals surface area contributed by atoms with Crippen molar-refractivity contribution >= 4 is 28.8 Å². The van der Waals surface area contributed by atoms with Crippen LogP contribution >= 0.6 is 11.8 Å². The molecule has 0 bridgehead atoms. The second kappa shape index (κ2) is 7.53. The van der Waals surface area contributed by atoms with Gasteiger partial charge in [-0.25, -0.2) is 0 Å². The van der Waals surface area contributed by atoms with Gasteiger partial charge in [-0.3, -0.25) is 14.4 Å². The first kappa shape index (κ1) is 16.6. The lowest BCUT2D eigenvalue weighted by molar-refractivity contribution is -0.146. The molecule has 0 N–H and O–H groups in total. The minimum atomic E-state index is -0.282. The van der Waals surface area contributed by atoms with Gasteiger partial charge in [0.1, 0.15) is 6.10 Å². The molecule has 3 aliphatic rings. The molecule has 0 aromatic heterocycles. The fraction of sp³-hybridized carbons (Fsp3) is 0.800. The Balaban J connectivity index is 1.40. The van der Waals surface area contributed by atoms with Crippen LogP contribution in [0.3, 0.4) is 0 Å². The number of ether oxygens (including phenoxy) is 1. The lowest BCUT2D eigenvalue weighted by Crippen LogP contribution is -2.53. The van der Waals surface area contributed by atoms with E-state index in [1.54, 1.807) is 14.7 Å². The van der Waals surface area contributed by atoms with Crippen LogP contribution in [0.5, 0.6) is 0 Å². The van der Waals surface area contributed by atoms with Crippen molar-refractivity contribution in [2.45, 2.75) is 25.4 Å². The molecule has 0 spiro atoms. The van der Waals surface area contributed by atoms with Crippen molar-refractivity contribution in [1.29, 1.82) is 0 Å². The third-order valence-corrected chi connectivity index (χ3v) is 5.48. The first-order valence-corrected chi connectivity index (χ1v) is 9.23. The van der Waals surface area contributed by atoms with Crippen LogP contribution in [-0.2, 0) is 14.3 Å². The van der Waals surface area contributed by atoms with E-state index in [2.05, 4.69) is 0 Å². The number of hydrogen-bond acceptors (Lipinski definition) is 5. The fourth-order valence-electron chi connectivity index (χ4n) is 3.17. The van der Waals surface area contributed by atoms with Crippen LogP contribution in [-0.4, -0.2) is 89.5 Å². The number of amides is 3. The number of carbonyl (C=O) groups is 3. The molecule has 3 aliphatic heterocycles. The van der Waals surface area contributed by atoms with Gasteiger partial charge >= 0.3 is 0 Å². The zero-order chi connectivity index (χ0) is 16.2. The molecule has 0 saturated carbocycles. The standard InChI is InChI=1S/C15H23N3O4S/c19-13(3-4-18-9-11-23-15(18)21)16-5-7-17(8-6-16)14(20)12-2-1-10-22-12/h12H,1-11H2. The van der Waals surface area contributed by atoms with E-state index in [1.807, 2.05) is 0 Å². The number of piperazine rings is 1. The third kappa shape index (κ3) is 3.98. The maximum absolute atomic E-state index is 12.3. The van der Waals surface area contributed by atoms with E-state index in [-0.39, 0.29) is 23.2 Å². The molecule has 3 saturated heterocycles. The van der Waals surface area contributed by atoms with Gasteiger partial charge in [0.15, 0.2) is 0 Å². The van der Waals surface area contributed by atoms with Crippen LogP contribution < -0.4 is 0 Å². The summed E-state index contributed by atoms with van der Waals surface area (Å²) in [6.45, 7) is 4.19. The summed E-state index contributed by atoms with van der Waals surface area (Å²) in [6.07, 6.45) is 1.84. The summed E-state index contributed by atoms with van der Waals surface area (Å²) >= 11 is 1.31. The molecule has 7 nitrogen and oxygen atoms in total. The van der Waals surface area contributed by atoms with Crippen molar-refractivity contribution < 1.29 is 19.1 Å². The average molecular weight is 341 g/mol. The predicted molar refractivity (Wildman–Crippen MR) is 86.2 cm³/mol. The van der Waals surface area contributed by atoms with Crippen LogP contribution in [0.1, 0.15) is 19.3 Å². The number of thioether (sulfide) groups is 1. The molecule has 1 unspecified atom stereocenters. The Labute approximate surface area is 140 Å². The molecule has 3 amide bonds. The molecule has 3 heterocycles. The Morgan fingerprint density at radius 1 is 1.13 bits per heavy atom. The van der Waals surface area contributed by atoms with Crippen LogP contribution in [0.15, 0.2) is 0 Å². The molecule has 1 atom stereocenters. The molecule has 128 valence electrons. The van der Waals surface area contributed by atoms with E-state index in [0.29, 0.717) is 45.8 Å². The first-order valence-electron chi connectivity index (χ1n) is 8.25. The molecule has 0 aromatic rings. The lowest BCUT2D eigenvalue weighted by atomic mass is 10.2. The average Bonchev–Trinajstić information content (AvgIpc) is 3.24. The van der Waals surface area contributed by atoms with E-state index in [4.69, 9.17) is 4.74 Å². The Kier molecular flexibility index (Phi) is 5.42. The summed E-state index contributed by atoms with van der Waals surface area (Å²) in [6, 6.07) is 0. The van der Waals surface area contributed by atoms with Gasteiger partial charge in [0.05, 0.1) is 0 Å². The minimum absolute atomic E-state index is 0.0642. The fourth-order valence-corrected chi connectivity index (χ4v) is 4.02. The predicted octanol–water partition coefficient (Wildman–Crippen LogP) is 0.395. The monoisotopic (exact) mass is 341 g/mol. The first-order chi connectivity index (χ1) is 11.1. The summed E-state index contributed by atoms with van der Waals surface area (Å²) in [7, 11) is 0. The highest BCUT2D eigenvalue weighted by molar-refractivity contribution is 8.13. The highest BCUT2D eigenvalue weighted by atomic mass is 32.2. The van der Waals surface area contributed by atoms with Gasteiger partial charge in [0.25, 0.3) is 11.1 Å². The van der Waals surface area contributed by atoms with Gasteiger partial charge < -0.3 is 19.4 Å². The van der Waals surface area contributed by atoms with Crippen LogP contribution in [0, 0.1) is 0 Å². The Bertz CT molecular complexity index is 473. The van der Waals surface area contributed by atoms with E-state index in [1.165, 1.54) is 11.8 Å².